The molecule has 1 N–H and O–H groups in total. The molecule has 31 heavy (non-hydrogen) atoms. The fourth-order valence-electron chi connectivity index (χ4n) is 5.17. The maximum absolute atomic E-state index is 14.8. The van der Waals surface area contributed by atoms with E-state index >= 15 is 0 Å². The molecule has 4 nitrogen and oxygen atoms in total. The van der Waals surface area contributed by atoms with Gasteiger partial charge in [0.05, 0.1) is 10.4 Å². The van der Waals surface area contributed by atoms with Gasteiger partial charge in [0.1, 0.15) is 5.82 Å². The van der Waals surface area contributed by atoms with Crippen molar-refractivity contribution in [2.75, 3.05) is 0 Å². The third-order valence-corrected chi connectivity index (χ3v) is 9.20. The van der Waals surface area contributed by atoms with Crippen LogP contribution in [0, 0.1) is 23.6 Å². The molecule has 8 heteroatoms. The zero-order chi connectivity index (χ0) is 22.6. The van der Waals surface area contributed by atoms with Crippen molar-refractivity contribution in [3.05, 3.63) is 60.2 Å². The van der Waals surface area contributed by atoms with Crippen LogP contribution in [0.4, 0.5) is 13.2 Å². The molecule has 1 aromatic carbocycles. The summed E-state index contributed by atoms with van der Waals surface area (Å²) in [5, 5.41) is 0. The molecular formula is C23H25F3N2O2S. The summed E-state index contributed by atoms with van der Waals surface area (Å²) < 4.78 is 69.4. The van der Waals surface area contributed by atoms with Crippen molar-refractivity contribution in [2.45, 2.75) is 43.9 Å². The van der Waals surface area contributed by atoms with Crippen molar-refractivity contribution in [3.8, 4) is 11.1 Å². The maximum Gasteiger partial charge on any atom is 0.252 e. The van der Waals surface area contributed by atoms with Gasteiger partial charge >= 0.3 is 0 Å². The number of alkyl halides is 2. The van der Waals surface area contributed by atoms with Crippen molar-refractivity contribution in [2.24, 2.45) is 17.8 Å². The molecule has 1 aliphatic heterocycles. The fourth-order valence-corrected chi connectivity index (χ4v) is 7.18. The molecule has 1 saturated carbocycles. The van der Waals surface area contributed by atoms with Crippen LogP contribution in [-0.4, -0.2) is 30.1 Å². The number of sulfonamides is 1. The van der Waals surface area contributed by atoms with E-state index in [1.807, 2.05) is 0 Å². The van der Waals surface area contributed by atoms with Gasteiger partial charge in [-0.15, -0.1) is 0 Å². The van der Waals surface area contributed by atoms with Crippen LogP contribution in [-0.2, 0) is 10.0 Å². The van der Waals surface area contributed by atoms with Crippen molar-refractivity contribution < 1.29 is 21.6 Å². The van der Waals surface area contributed by atoms with Crippen LogP contribution in [0.5, 0.6) is 0 Å². The topological polar surface area (TPSA) is 59.1 Å². The number of benzene rings is 1. The van der Waals surface area contributed by atoms with Crippen LogP contribution in [0.25, 0.3) is 17.2 Å². The zero-order valence-electron chi connectivity index (χ0n) is 17.5. The van der Waals surface area contributed by atoms with Crippen LogP contribution >= 0.6 is 0 Å². The van der Waals surface area contributed by atoms with Crippen LogP contribution in [0.3, 0.4) is 0 Å². The molecule has 4 rings (SSSR count). The lowest BCUT2D eigenvalue weighted by Gasteiger charge is -2.47. The standard InChI is InChI=1S/C23H25F3N2O2S/c1-14-20(21-15(2)28-31(29,30)22(21,3)13-23(14,25)26)10-9-19-8-7-17(12-27-19)16-5-4-6-18(24)11-16/h4-12,14-15,20-21,28H,13H2,1-3H3/b10-9+/t14-,15+,20-,21-,22+/m0/s1. The highest BCUT2D eigenvalue weighted by atomic mass is 32.2. The third-order valence-electron chi connectivity index (χ3n) is 6.88. The first-order chi connectivity index (χ1) is 14.4. The third kappa shape index (κ3) is 3.69. The van der Waals surface area contributed by atoms with Gasteiger partial charge in [0.15, 0.2) is 0 Å². The Morgan fingerprint density at radius 2 is 1.90 bits per heavy atom. The van der Waals surface area contributed by atoms with Gasteiger partial charge in [-0.1, -0.05) is 31.2 Å². The Kier molecular flexibility index (Phi) is 5.29. The summed E-state index contributed by atoms with van der Waals surface area (Å²) in [6.45, 7) is 4.64. The van der Waals surface area contributed by atoms with Crippen LogP contribution in [0.15, 0.2) is 48.7 Å². The second kappa shape index (κ2) is 7.45. The van der Waals surface area contributed by atoms with E-state index in [-0.39, 0.29) is 5.82 Å². The Morgan fingerprint density at radius 1 is 1.16 bits per heavy atom. The predicted octanol–water partition coefficient (Wildman–Crippen LogP) is 4.89. The minimum atomic E-state index is -3.86. The fraction of sp³-hybridized carbons (Fsp3) is 0.435. The molecule has 166 valence electrons. The zero-order valence-corrected chi connectivity index (χ0v) is 18.3. The van der Waals surface area contributed by atoms with Gasteiger partial charge in [0, 0.05) is 36.1 Å². The first kappa shape index (κ1) is 22.0. The number of hydrogen-bond acceptors (Lipinski definition) is 3. The van der Waals surface area contributed by atoms with Crippen molar-refractivity contribution in [1.82, 2.24) is 9.71 Å². The molecule has 2 heterocycles. The lowest BCUT2D eigenvalue weighted by molar-refractivity contribution is -0.121. The lowest BCUT2D eigenvalue weighted by atomic mass is 9.63. The summed E-state index contributed by atoms with van der Waals surface area (Å²) >= 11 is 0. The van der Waals surface area contributed by atoms with E-state index in [0.717, 1.165) is 5.56 Å². The summed E-state index contributed by atoms with van der Waals surface area (Å²) in [4.78, 5) is 4.35. The summed E-state index contributed by atoms with van der Waals surface area (Å²) in [7, 11) is -3.86. The average molecular weight is 451 g/mol. The SMILES string of the molecule is C[C@H]1NS(=O)(=O)[C@]2(C)CC(F)(F)[C@@H](C)[C@H](/C=C/c3ccc(-c4cccc(F)c4)cn3)[C@H]12. The molecule has 5 atom stereocenters. The van der Waals surface area contributed by atoms with Gasteiger partial charge in [-0.2, -0.15) is 0 Å². The summed E-state index contributed by atoms with van der Waals surface area (Å²) in [5.74, 6) is -5.57. The first-order valence-corrected chi connectivity index (χ1v) is 11.7. The maximum atomic E-state index is 14.8. The molecule has 2 fully saturated rings. The van der Waals surface area contributed by atoms with Gasteiger partial charge in [0.2, 0.25) is 10.0 Å². The van der Waals surface area contributed by atoms with E-state index in [2.05, 4.69) is 9.71 Å². The predicted molar refractivity (Wildman–Crippen MR) is 114 cm³/mol. The van der Waals surface area contributed by atoms with Crippen molar-refractivity contribution >= 4 is 16.1 Å². The Labute approximate surface area is 180 Å². The molecule has 0 bridgehead atoms. The molecule has 1 aromatic heterocycles. The number of fused-ring (bicyclic) bond motifs is 1. The minimum absolute atomic E-state index is 0.342. The summed E-state index contributed by atoms with van der Waals surface area (Å²) in [5.41, 5.74) is 1.99. The number of aromatic nitrogens is 1. The smallest absolute Gasteiger partial charge is 0.252 e. The average Bonchev–Trinajstić information content (AvgIpc) is 2.86. The van der Waals surface area contributed by atoms with E-state index in [9.17, 15) is 21.6 Å². The molecule has 1 saturated heterocycles. The van der Waals surface area contributed by atoms with E-state index in [0.29, 0.717) is 11.3 Å². The van der Waals surface area contributed by atoms with Crippen LogP contribution in [0.1, 0.15) is 32.9 Å². The Morgan fingerprint density at radius 3 is 2.55 bits per heavy atom. The Balaban J connectivity index is 1.64. The normalized spacial score (nSPS) is 34.0. The van der Waals surface area contributed by atoms with Gasteiger partial charge in [-0.3, -0.25) is 4.98 Å². The van der Waals surface area contributed by atoms with Crippen molar-refractivity contribution in [3.63, 3.8) is 0 Å². The number of hydrogen-bond donors (Lipinski definition) is 1. The van der Waals surface area contributed by atoms with Crippen molar-refractivity contribution in [1.29, 1.82) is 0 Å². The number of pyridine rings is 1. The van der Waals surface area contributed by atoms with Crippen LogP contribution in [0.2, 0.25) is 0 Å². The van der Waals surface area contributed by atoms with Gasteiger partial charge in [0.25, 0.3) is 5.92 Å². The number of nitrogens with zero attached hydrogens (tertiary/aromatic N) is 1. The monoisotopic (exact) mass is 450 g/mol. The first-order valence-electron chi connectivity index (χ1n) is 10.2. The molecule has 0 spiro atoms. The quantitative estimate of drug-likeness (QED) is 0.725. The molecular weight excluding hydrogens is 425 g/mol. The summed E-state index contributed by atoms with van der Waals surface area (Å²) in [6.07, 6.45) is 4.25. The van der Waals surface area contributed by atoms with Crippen LogP contribution < -0.4 is 4.72 Å². The number of halogens is 3. The highest BCUT2D eigenvalue weighted by Gasteiger charge is 2.66. The molecule has 0 unspecified atom stereocenters. The highest BCUT2D eigenvalue weighted by Crippen LogP contribution is 2.56. The van der Waals surface area contributed by atoms with E-state index in [4.69, 9.17) is 0 Å². The molecule has 1 aliphatic carbocycles. The second-order valence-corrected chi connectivity index (χ2v) is 11.1. The molecule has 2 aliphatic rings. The van der Waals surface area contributed by atoms with Gasteiger partial charge in [-0.25, -0.2) is 26.3 Å². The minimum Gasteiger partial charge on any atom is -0.256 e. The Hall–Kier alpha value is -2.19. The number of rotatable bonds is 3. The lowest BCUT2D eigenvalue weighted by Crippen LogP contribution is -2.56. The Bertz CT molecular complexity index is 1120. The number of allylic oxidation sites excluding steroid dienone is 1. The molecule has 0 radical (unpaired) electrons. The molecule has 0 amide bonds. The number of nitrogens with one attached hydrogen (secondary N) is 1. The van der Waals surface area contributed by atoms with Gasteiger partial charge < -0.3 is 0 Å². The van der Waals surface area contributed by atoms with E-state index in [1.165, 1.54) is 26.0 Å². The molecule has 2 aromatic rings. The summed E-state index contributed by atoms with van der Waals surface area (Å²) in [6, 6.07) is 9.24. The van der Waals surface area contributed by atoms with E-state index in [1.54, 1.807) is 49.5 Å². The largest absolute Gasteiger partial charge is 0.256 e. The van der Waals surface area contributed by atoms with E-state index < -0.39 is 50.9 Å². The second-order valence-electron chi connectivity index (χ2n) is 8.89. The van der Waals surface area contributed by atoms with Gasteiger partial charge in [-0.05, 0) is 49.6 Å². The highest BCUT2D eigenvalue weighted by molar-refractivity contribution is 7.91.